The van der Waals surface area contributed by atoms with Crippen molar-refractivity contribution in [1.29, 1.82) is 0 Å². The van der Waals surface area contributed by atoms with Gasteiger partial charge in [0.05, 0.1) is 29.0 Å². The molecule has 0 aliphatic heterocycles. The summed E-state index contributed by atoms with van der Waals surface area (Å²) >= 11 is 0. The van der Waals surface area contributed by atoms with Gasteiger partial charge < -0.3 is 10.3 Å². The zero-order valence-electron chi connectivity index (χ0n) is 20.0. The van der Waals surface area contributed by atoms with Gasteiger partial charge in [0.2, 0.25) is 0 Å². The van der Waals surface area contributed by atoms with Gasteiger partial charge in [0.1, 0.15) is 0 Å². The summed E-state index contributed by atoms with van der Waals surface area (Å²) in [5.41, 5.74) is 8.19. The van der Waals surface area contributed by atoms with Crippen molar-refractivity contribution in [2.24, 2.45) is 4.99 Å². The molecule has 3 N–H and O–H groups in total. The highest BCUT2D eigenvalue weighted by atomic mass is 15.2. The minimum atomic E-state index is 0.651. The Hall–Kier alpha value is -4.85. The standard InChI is InChI=1S/C28H26N8/c1-4-18(2)33-21-12-19(15-30-17-21)20-13-23-27(35-36-28(23)32-16-20)26-14-22-24(8-6-5-7-10-29-3)31-11-9-25(22)34-26/h5-7,9-17,33-34H,2-4,8H2,1H3,(H,32,35,36)/b6-5-,10-7-. The van der Waals surface area contributed by atoms with E-state index in [1.54, 1.807) is 12.4 Å². The zero-order chi connectivity index (χ0) is 24.9. The van der Waals surface area contributed by atoms with E-state index < -0.39 is 0 Å². The van der Waals surface area contributed by atoms with E-state index in [-0.39, 0.29) is 0 Å². The first-order valence-electron chi connectivity index (χ1n) is 11.6. The average Bonchev–Trinajstić information content (AvgIpc) is 3.52. The molecular formula is C28H26N8. The molecule has 0 saturated heterocycles. The summed E-state index contributed by atoms with van der Waals surface area (Å²) in [5.74, 6) is 0. The molecule has 0 bridgehead atoms. The zero-order valence-corrected chi connectivity index (χ0v) is 20.0. The monoisotopic (exact) mass is 474 g/mol. The van der Waals surface area contributed by atoms with Crippen molar-refractivity contribution in [3.05, 3.63) is 91.5 Å². The van der Waals surface area contributed by atoms with E-state index in [0.717, 1.165) is 62.3 Å². The number of hydrogen-bond acceptors (Lipinski definition) is 6. The predicted octanol–water partition coefficient (Wildman–Crippen LogP) is 6.21. The topological polar surface area (TPSA) is 108 Å². The second-order valence-electron chi connectivity index (χ2n) is 8.30. The molecule has 0 fully saturated rings. The van der Waals surface area contributed by atoms with E-state index in [9.17, 15) is 0 Å². The lowest BCUT2D eigenvalue weighted by Gasteiger charge is -2.09. The van der Waals surface area contributed by atoms with Crippen LogP contribution in [0.15, 0.2) is 90.7 Å². The molecule has 178 valence electrons. The lowest BCUT2D eigenvalue weighted by molar-refractivity contribution is 1.10. The molecule has 0 aliphatic rings. The van der Waals surface area contributed by atoms with Crippen molar-refractivity contribution in [1.82, 2.24) is 30.1 Å². The quantitative estimate of drug-likeness (QED) is 0.174. The Morgan fingerprint density at radius 3 is 2.83 bits per heavy atom. The van der Waals surface area contributed by atoms with Crippen molar-refractivity contribution >= 4 is 34.3 Å². The van der Waals surface area contributed by atoms with Crippen LogP contribution in [0.2, 0.25) is 0 Å². The molecule has 0 aromatic carbocycles. The molecule has 5 aromatic heterocycles. The van der Waals surface area contributed by atoms with E-state index >= 15 is 0 Å². The molecule has 0 unspecified atom stereocenters. The molecule has 5 rings (SSSR count). The predicted molar refractivity (Wildman–Crippen MR) is 147 cm³/mol. The molecule has 8 heteroatoms. The van der Waals surface area contributed by atoms with Crippen molar-refractivity contribution in [3.8, 4) is 22.5 Å². The third-order valence-electron chi connectivity index (χ3n) is 5.88. The Labute approximate surface area is 208 Å². The molecular weight excluding hydrogens is 448 g/mol. The summed E-state index contributed by atoms with van der Waals surface area (Å²) in [6.45, 7) is 9.51. The first-order valence-corrected chi connectivity index (χ1v) is 11.6. The van der Waals surface area contributed by atoms with Crippen LogP contribution < -0.4 is 5.32 Å². The van der Waals surface area contributed by atoms with Crippen molar-refractivity contribution < 1.29 is 0 Å². The Morgan fingerprint density at radius 2 is 1.97 bits per heavy atom. The maximum Gasteiger partial charge on any atom is 0.181 e. The number of aromatic amines is 2. The van der Waals surface area contributed by atoms with Crippen LogP contribution in [0, 0.1) is 0 Å². The number of nitrogens with zero attached hydrogens (tertiary/aromatic N) is 5. The summed E-state index contributed by atoms with van der Waals surface area (Å²) in [6, 6.07) is 8.22. The maximum atomic E-state index is 4.58. The first kappa shape index (κ1) is 22.9. The summed E-state index contributed by atoms with van der Waals surface area (Å²) in [7, 11) is 0. The molecule has 0 atom stereocenters. The molecule has 0 amide bonds. The lowest BCUT2D eigenvalue weighted by Crippen LogP contribution is -1.97. The van der Waals surface area contributed by atoms with Gasteiger partial charge in [-0.25, -0.2) is 4.98 Å². The lowest BCUT2D eigenvalue weighted by atomic mass is 10.1. The Balaban J connectivity index is 1.50. The Kier molecular flexibility index (Phi) is 6.48. The van der Waals surface area contributed by atoms with E-state index in [0.29, 0.717) is 12.1 Å². The van der Waals surface area contributed by atoms with Crippen LogP contribution in [-0.4, -0.2) is 36.9 Å². The number of hydrogen-bond donors (Lipinski definition) is 3. The Morgan fingerprint density at radius 1 is 1.08 bits per heavy atom. The van der Waals surface area contributed by atoms with E-state index in [4.69, 9.17) is 0 Å². The third kappa shape index (κ3) is 4.69. The van der Waals surface area contributed by atoms with Gasteiger partial charge >= 0.3 is 0 Å². The first-order chi connectivity index (χ1) is 17.7. The minimum Gasteiger partial charge on any atom is -0.358 e. The summed E-state index contributed by atoms with van der Waals surface area (Å²) in [5, 5.41) is 12.9. The Bertz CT molecular complexity index is 1620. The molecule has 0 aliphatic carbocycles. The number of pyridine rings is 3. The molecule has 5 aromatic rings. The highest BCUT2D eigenvalue weighted by molar-refractivity contribution is 5.96. The van der Waals surface area contributed by atoms with Gasteiger partial charge in [-0.2, -0.15) is 5.10 Å². The van der Waals surface area contributed by atoms with E-state index in [1.807, 2.05) is 49.0 Å². The molecule has 0 spiro atoms. The van der Waals surface area contributed by atoms with Crippen LogP contribution in [0.5, 0.6) is 0 Å². The fourth-order valence-corrected chi connectivity index (χ4v) is 4.00. The van der Waals surface area contributed by atoms with E-state index in [1.165, 1.54) is 0 Å². The van der Waals surface area contributed by atoms with Crippen LogP contribution in [0.3, 0.4) is 0 Å². The molecule has 0 radical (unpaired) electrons. The number of aromatic nitrogens is 6. The van der Waals surface area contributed by atoms with Crippen molar-refractivity contribution in [2.45, 2.75) is 19.8 Å². The fourth-order valence-electron chi connectivity index (χ4n) is 4.00. The number of rotatable bonds is 9. The number of allylic oxidation sites excluding steroid dienone is 4. The van der Waals surface area contributed by atoms with Gasteiger partial charge in [0.15, 0.2) is 5.65 Å². The van der Waals surface area contributed by atoms with Crippen LogP contribution in [0.1, 0.15) is 19.0 Å². The second-order valence-corrected chi connectivity index (χ2v) is 8.30. The van der Waals surface area contributed by atoms with Crippen LogP contribution in [0.25, 0.3) is 44.5 Å². The van der Waals surface area contributed by atoms with Gasteiger partial charge in [-0.3, -0.25) is 20.1 Å². The molecule has 0 saturated carbocycles. The number of H-pyrrole nitrogens is 2. The van der Waals surface area contributed by atoms with Gasteiger partial charge in [-0.05, 0) is 43.5 Å². The van der Waals surface area contributed by atoms with Crippen LogP contribution in [-0.2, 0) is 6.42 Å². The van der Waals surface area contributed by atoms with Gasteiger partial charge in [-0.15, -0.1) is 0 Å². The van der Waals surface area contributed by atoms with Crippen LogP contribution >= 0.6 is 0 Å². The average molecular weight is 475 g/mol. The third-order valence-corrected chi connectivity index (χ3v) is 5.88. The second kappa shape index (κ2) is 10.2. The minimum absolute atomic E-state index is 0.651. The number of anilines is 1. The number of fused-ring (bicyclic) bond motifs is 2. The summed E-state index contributed by atoms with van der Waals surface area (Å²) in [4.78, 5) is 20.8. The van der Waals surface area contributed by atoms with E-state index in [2.05, 4.69) is 72.8 Å². The SMILES string of the molecule is C=N/C=C\C=C/Cc1nccc2[nH]c(-c3[nH]nc4ncc(-c5cncc(NC(=C)CC)c5)cc34)cc12. The highest BCUT2D eigenvalue weighted by Gasteiger charge is 2.14. The largest absolute Gasteiger partial charge is 0.358 e. The van der Waals surface area contributed by atoms with Gasteiger partial charge in [0.25, 0.3) is 0 Å². The normalized spacial score (nSPS) is 11.7. The number of aliphatic imine (C=N–C) groups is 1. The van der Waals surface area contributed by atoms with Crippen molar-refractivity contribution in [2.75, 3.05) is 5.32 Å². The smallest absolute Gasteiger partial charge is 0.181 e. The summed E-state index contributed by atoms with van der Waals surface area (Å²) < 4.78 is 0. The summed E-state index contributed by atoms with van der Waals surface area (Å²) in [6.07, 6.45) is 16.3. The fraction of sp³-hybridized carbons (Fsp3) is 0.107. The van der Waals surface area contributed by atoms with Crippen LogP contribution in [0.4, 0.5) is 5.69 Å². The molecule has 8 nitrogen and oxygen atoms in total. The molecule has 36 heavy (non-hydrogen) atoms. The highest BCUT2D eigenvalue weighted by Crippen LogP contribution is 2.32. The number of nitrogens with one attached hydrogen (secondary N) is 3. The van der Waals surface area contributed by atoms with Gasteiger partial charge in [-0.1, -0.05) is 25.7 Å². The van der Waals surface area contributed by atoms with Crippen molar-refractivity contribution in [3.63, 3.8) is 0 Å². The van der Waals surface area contributed by atoms with Gasteiger partial charge in [0, 0.05) is 64.3 Å². The maximum absolute atomic E-state index is 4.58. The molecule has 5 heterocycles.